The minimum absolute atomic E-state index is 0.162. The van der Waals surface area contributed by atoms with Gasteiger partial charge in [0.2, 0.25) is 0 Å². The third-order valence-corrected chi connectivity index (χ3v) is 2.47. The maximum atomic E-state index is 13.5. The zero-order chi connectivity index (χ0) is 13.0. The van der Waals surface area contributed by atoms with Gasteiger partial charge in [-0.2, -0.15) is 0 Å². The fraction of sp³-hybridized carbons (Fsp3) is 0.462. The quantitative estimate of drug-likeness (QED) is 0.739. The molecule has 0 aliphatic carbocycles. The smallest absolute Gasteiger partial charge is 0.168 e. The predicted octanol–water partition coefficient (Wildman–Crippen LogP) is 2.80. The average molecular weight is 241 g/mol. The second-order valence-corrected chi connectivity index (χ2v) is 4.43. The van der Waals surface area contributed by atoms with Crippen LogP contribution in [0.1, 0.15) is 28.8 Å². The summed E-state index contributed by atoms with van der Waals surface area (Å²) in [6.45, 7) is 2.31. The van der Waals surface area contributed by atoms with E-state index in [0.29, 0.717) is 12.0 Å². The van der Waals surface area contributed by atoms with Gasteiger partial charge in [-0.05, 0) is 51.7 Å². The third kappa shape index (κ3) is 3.89. The third-order valence-electron chi connectivity index (χ3n) is 2.47. The largest absolute Gasteiger partial charge is 0.309 e. The van der Waals surface area contributed by atoms with E-state index in [4.69, 9.17) is 0 Å². The lowest BCUT2D eigenvalue weighted by molar-refractivity contribution is 0.0969. The van der Waals surface area contributed by atoms with Crippen LogP contribution in [0.3, 0.4) is 0 Å². The molecule has 0 radical (unpaired) electrons. The van der Waals surface area contributed by atoms with Gasteiger partial charge in [0, 0.05) is 6.42 Å². The standard InChI is InChI=1S/C13H17F2NO/c1-9-7-10(14)13(11(15)8-9)12(17)5-4-6-16(2)3/h7-8H,4-6H2,1-3H3. The number of hydrogen-bond donors (Lipinski definition) is 0. The highest BCUT2D eigenvalue weighted by Crippen LogP contribution is 2.17. The molecule has 0 unspecified atom stereocenters. The Labute approximate surface area is 100 Å². The van der Waals surface area contributed by atoms with Crippen molar-refractivity contribution in [1.29, 1.82) is 0 Å². The van der Waals surface area contributed by atoms with Gasteiger partial charge < -0.3 is 4.90 Å². The van der Waals surface area contributed by atoms with Crippen LogP contribution in [-0.4, -0.2) is 31.3 Å². The molecule has 0 atom stereocenters. The molecule has 1 aromatic rings. The highest BCUT2D eigenvalue weighted by molar-refractivity contribution is 5.96. The molecule has 0 aliphatic heterocycles. The number of halogens is 2. The van der Waals surface area contributed by atoms with Crippen molar-refractivity contribution in [2.24, 2.45) is 0 Å². The topological polar surface area (TPSA) is 20.3 Å². The van der Waals surface area contributed by atoms with Crippen LogP contribution < -0.4 is 0 Å². The minimum Gasteiger partial charge on any atom is -0.309 e. The number of aryl methyl sites for hydroxylation is 1. The Morgan fingerprint density at radius 3 is 2.24 bits per heavy atom. The molecule has 0 amide bonds. The average Bonchev–Trinajstić information content (AvgIpc) is 2.14. The lowest BCUT2D eigenvalue weighted by Crippen LogP contribution is -2.15. The molecule has 0 saturated heterocycles. The summed E-state index contributed by atoms with van der Waals surface area (Å²) < 4.78 is 27.0. The van der Waals surface area contributed by atoms with Crippen molar-refractivity contribution in [3.63, 3.8) is 0 Å². The molecule has 0 heterocycles. The van der Waals surface area contributed by atoms with Gasteiger partial charge in [-0.25, -0.2) is 8.78 Å². The Bertz CT molecular complexity index is 393. The summed E-state index contributed by atoms with van der Waals surface area (Å²) >= 11 is 0. The van der Waals surface area contributed by atoms with E-state index < -0.39 is 23.0 Å². The summed E-state index contributed by atoms with van der Waals surface area (Å²) in [5, 5.41) is 0. The molecular formula is C13H17F2NO. The van der Waals surface area contributed by atoms with Gasteiger partial charge in [-0.1, -0.05) is 0 Å². The molecule has 94 valence electrons. The van der Waals surface area contributed by atoms with Gasteiger partial charge in [0.15, 0.2) is 5.78 Å². The number of hydrogen-bond acceptors (Lipinski definition) is 2. The maximum Gasteiger partial charge on any atom is 0.168 e. The Morgan fingerprint density at radius 2 is 1.76 bits per heavy atom. The molecule has 4 heteroatoms. The summed E-state index contributed by atoms with van der Waals surface area (Å²) in [6, 6.07) is 2.37. The highest BCUT2D eigenvalue weighted by atomic mass is 19.1. The van der Waals surface area contributed by atoms with E-state index in [1.807, 2.05) is 19.0 Å². The van der Waals surface area contributed by atoms with Crippen molar-refractivity contribution >= 4 is 5.78 Å². The molecule has 0 spiro atoms. The van der Waals surface area contributed by atoms with Crippen molar-refractivity contribution in [2.45, 2.75) is 19.8 Å². The summed E-state index contributed by atoms with van der Waals surface area (Å²) in [5.74, 6) is -2.00. The SMILES string of the molecule is Cc1cc(F)c(C(=O)CCCN(C)C)c(F)c1. The van der Waals surface area contributed by atoms with Gasteiger partial charge in [0.25, 0.3) is 0 Å². The first-order chi connectivity index (χ1) is 7.91. The lowest BCUT2D eigenvalue weighted by Gasteiger charge is -2.09. The van der Waals surface area contributed by atoms with Crippen molar-refractivity contribution in [3.05, 3.63) is 34.9 Å². The number of Topliss-reactive ketones (excluding diaryl/α,β-unsaturated/α-hetero) is 1. The zero-order valence-electron chi connectivity index (χ0n) is 10.4. The molecule has 17 heavy (non-hydrogen) atoms. The zero-order valence-corrected chi connectivity index (χ0v) is 10.4. The van der Waals surface area contributed by atoms with E-state index in [1.54, 1.807) is 6.92 Å². The highest BCUT2D eigenvalue weighted by Gasteiger charge is 2.17. The predicted molar refractivity (Wildman–Crippen MR) is 63.2 cm³/mol. The number of benzene rings is 1. The Hall–Kier alpha value is -1.29. The first-order valence-corrected chi connectivity index (χ1v) is 5.55. The molecule has 0 aliphatic rings. The summed E-state index contributed by atoms with van der Waals surface area (Å²) in [7, 11) is 3.77. The van der Waals surface area contributed by atoms with Crippen LogP contribution in [0.25, 0.3) is 0 Å². The molecule has 0 N–H and O–H groups in total. The summed E-state index contributed by atoms with van der Waals surface area (Å²) in [4.78, 5) is 13.6. The lowest BCUT2D eigenvalue weighted by atomic mass is 10.0. The van der Waals surface area contributed by atoms with E-state index in [9.17, 15) is 13.6 Å². The van der Waals surface area contributed by atoms with Crippen molar-refractivity contribution in [2.75, 3.05) is 20.6 Å². The van der Waals surface area contributed by atoms with E-state index in [0.717, 1.165) is 6.54 Å². The van der Waals surface area contributed by atoms with Crippen LogP contribution in [0, 0.1) is 18.6 Å². The Kier molecular flexibility index (Phi) is 4.75. The monoisotopic (exact) mass is 241 g/mol. The molecule has 0 aromatic heterocycles. The molecule has 0 fully saturated rings. The van der Waals surface area contributed by atoms with Gasteiger partial charge in [0.05, 0.1) is 5.56 Å². The Balaban J connectivity index is 2.76. The number of rotatable bonds is 5. The van der Waals surface area contributed by atoms with Gasteiger partial charge in [-0.15, -0.1) is 0 Å². The van der Waals surface area contributed by atoms with Gasteiger partial charge in [0.1, 0.15) is 11.6 Å². The second-order valence-electron chi connectivity index (χ2n) is 4.43. The van der Waals surface area contributed by atoms with Crippen LogP contribution in [0.4, 0.5) is 8.78 Å². The van der Waals surface area contributed by atoms with Crippen LogP contribution in [0.2, 0.25) is 0 Å². The van der Waals surface area contributed by atoms with Crippen LogP contribution in [0.5, 0.6) is 0 Å². The van der Waals surface area contributed by atoms with Crippen molar-refractivity contribution in [3.8, 4) is 0 Å². The number of ketones is 1. The molecule has 0 saturated carbocycles. The minimum atomic E-state index is -0.766. The maximum absolute atomic E-state index is 13.5. The molecule has 1 rings (SSSR count). The second kappa shape index (κ2) is 5.87. The first kappa shape index (κ1) is 13.8. The van der Waals surface area contributed by atoms with E-state index in [2.05, 4.69) is 0 Å². The molecule has 1 aromatic carbocycles. The van der Waals surface area contributed by atoms with Gasteiger partial charge in [-0.3, -0.25) is 4.79 Å². The summed E-state index contributed by atoms with van der Waals surface area (Å²) in [5.41, 5.74) is 0.0687. The number of carbonyl (C=O) groups excluding carboxylic acids is 1. The molecule has 2 nitrogen and oxygen atoms in total. The van der Waals surface area contributed by atoms with Crippen molar-refractivity contribution < 1.29 is 13.6 Å². The summed E-state index contributed by atoms with van der Waals surface area (Å²) in [6.07, 6.45) is 0.758. The first-order valence-electron chi connectivity index (χ1n) is 5.55. The van der Waals surface area contributed by atoms with Crippen LogP contribution >= 0.6 is 0 Å². The number of nitrogens with zero attached hydrogens (tertiary/aromatic N) is 1. The van der Waals surface area contributed by atoms with E-state index in [1.165, 1.54) is 12.1 Å². The van der Waals surface area contributed by atoms with Crippen LogP contribution in [-0.2, 0) is 0 Å². The van der Waals surface area contributed by atoms with E-state index >= 15 is 0 Å². The molecule has 0 bridgehead atoms. The fourth-order valence-electron chi connectivity index (χ4n) is 1.65. The fourth-order valence-corrected chi connectivity index (χ4v) is 1.65. The normalized spacial score (nSPS) is 10.9. The molecular weight excluding hydrogens is 224 g/mol. The van der Waals surface area contributed by atoms with Crippen molar-refractivity contribution in [1.82, 2.24) is 4.90 Å². The number of carbonyl (C=O) groups is 1. The van der Waals surface area contributed by atoms with Crippen LogP contribution in [0.15, 0.2) is 12.1 Å². The van der Waals surface area contributed by atoms with Gasteiger partial charge >= 0.3 is 0 Å². The van der Waals surface area contributed by atoms with E-state index in [-0.39, 0.29) is 6.42 Å². The Morgan fingerprint density at radius 1 is 1.24 bits per heavy atom.